The normalized spacial score (nSPS) is 13.8. The fourth-order valence-corrected chi connectivity index (χ4v) is 0.274. The Labute approximate surface area is 60.2 Å². The van der Waals surface area contributed by atoms with Gasteiger partial charge in [-0.2, -0.15) is 0 Å². The standard InChI is InChI=1S/C3H6N4.C3H6/c1-3-4-5-6-7(3)2;1-2-3-1/h1-2H3;1-3H2. The van der Waals surface area contributed by atoms with Crippen molar-refractivity contribution in [3.63, 3.8) is 0 Å². The van der Waals surface area contributed by atoms with Crippen molar-refractivity contribution < 1.29 is 0 Å². The van der Waals surface area contributed by atoms with Crippen LogP contribution in [0.1, 0.15) is 25.1 Å². The largest absolute Gasteiger partial charge is 0.233 e. The number of tetrazole rings is 1. The van der Waals surface area contributed by atoms with Crippen molar-refractivity contribution in [3.8, 4) is 0 Å². The van der Waals surface area contributed by atoms with E-state index in [0.717, 1.165) is 5.82 Å². The molecule has 2 rings (SSSR count). The van der Waals surface area contributed by atoms with Gasteiger partial charge >= 0.3 is 0 Å². The lowest BCUT2D eigenvalue weighted by molar-refractivity contribution is 0.695. The molecule has 0 aromatic carbocycles. The molecule has 0 aliphatic heterocycles. The average Bonchev–Trinajstić information content (AvgIpc) is 2.70. The summed E-state index contributed by atoms with van der Waals surface area (Å²) in [5, 5.41) is 10.6. The summed E-state index contributed by atoms with van der Waals surface area (Å²) in [5.41, 5.74) is 0. The summed E-state index contributed by atoms with van der Waals surface area (Å²) in [6.07, 6.45) is 4.50. The molecular formula is C6H12N4. The highest BCUT2D eigenvalue weighted by atomic mass is 15.5. The van der Waals surface area contributed by atoms with Crippen molar-refractivity contribution in [2.24, 2.45) is 7.05 Å². The molecule has 1 aliphatic rings. The van der Waals surface area contributed by atoms with E-state index >= 15 is 0 Å². The van der Waals surface area contributed by atoms with Crippen LogP contribution in [0.3, 0.4) is 0 Å². The predicted molar refractivity (Wildman–Crippen MR) is 37.4 cm³/mol. The number of aryl methyl sites for hydroxylation is 2. The van der Waals surface area contributed by atoms with Gasteiger partial charge in [0.1, 0.15) is 5.82 Å². The van der Waals surface area contributed by atoms with Gasteiger partial charge in [0, 0.05) is 7.05 Å². The van der Waals surface area contributed by atoms with Crippen LogP contribution in [0.4, 0.5) is 0 Å². The molecule has 0 bridgehead atoms. The van der Waals surface area contributed by atoms with Crippen LogP contribution in [0.2, 0.25) is 0 Å². The summed E-state index contributed by atoms with van der Waals surface area (Å²) >= 11 is 0. The Morgan fingerprint density at radius 2 is 1.90 bits per heavy atom. The van der Waals surface area contributed by atoms with Gasteiger partial charge in [-0.3, -0.25) is 0 Å². The third-order valence-electron chi connectivity index (χ3n) is 1.19. The van der Waals surface area contributed by atoms with Gasteiger partial charge in [0.2, 0.25) is 0 Å². The maximum atomic E-state index is 3.62. The first kappa shape index (κ1) is 7.18. The number of rotatable bonds is 0. The number of hydrogen-bond donors (Lipinski definition) is 0. The maximum Gasteiger partial charge on any atom is 0.147 e. The van der Waals surface area contributed by atoms with Crippen LogP contribution in [-0.2, 0) is 7.05 Å². The molecule has 0 spiro atoms. The van der Waals surface area contributed by atoms with E-state index in [1.807, 2.05) is 6.92 Å². The summed E-state index contributed by atoms with van der Waals surface area (Å²) in [7, 11) is 1.80. The predicted octanol–water partition coefficient (Wildman–Crippen LogP) is 0.689. The van der Waals surface area contributed by atoms with Crippen LogP contribution in [0.15, 0.2) is 0 Å². The summed E-state index contributed by atoms with van der Waals surface area (Å²) < 4.78 is 1.61. The first-order valence-corrected chi connectivity index (χ1v) is 3.49. The molecule has 4 heteroatoms. The fourth-order valence-electron chi connectivity index (χ4n) is 0.274. The molecule has 56 valence electrons. The van der Waals surface area contributed by atoms with Crippen LogP contribution in [0.25, 0.3) is 0 Å². The molecule has 1 aromatic rings. The van der Waals surface area contributed by atoms with Crippen LogP contribution in [-0.4, -0.2) is 20.2 Å². The summed E-state index contributed by atoms with van der Waals surface area (Å²) in [4.78, 5) is 0. The smallest absolute Gasteiger partial charge is 0.147 e. The lowest BCUT2D eigenvalue weighted by Crippen LogP contribution is -1.92. The third kappa shape index (κ3) is 2.57. The Kier molecular flexibility index (Phi) is 2.36. The summed E-state index contributed by atoms with van der Waals surface area (Å²) in [6, 6.07) is 0. The highest BCUT2D eigenvalue weighted by molar-refractivity contribution is 4.69. The van der Waals surface area contributed by atoms with Crippen molar-refractivity contribution in [3.05, 3.63) is 5.82 Å². The quantitative estimate of drug-likeness (QED) is 0.532. The van der Waals surface area contributed by atoms with Gasteiger partial charge in [-0.05, 0) is 17.4 Å². The second-order valence-electron chi connectivity index (χ2n) is 2.41. The van der Waals surface area contributed by atoms with Crippen molar-refractivity contribution in [1.82, 2.24) is 20.2 Å². The van der Waals surface area contributed by atoms with E-state index in [9.17, 15) is 0 Å². The zero-order chi connectivity index (χ0) is 7.40. The first-order chi connectivity index (χ1) is 4.80. The molecule has 0 radical (unpaired) electrons. The molecule has 0 unspecified atom stereocenters. The van der Waals surface area contributed by atoms with Gasteiger partial charge < -0.3 is 0 Å². The van der Waals surface area contributed by atoms with Gasteiger partial charge in [0.25, 0.3) is 0 Å². The molecule has 0 amide bonds. The number of nitrogens with zero attached hydrogens (tertiary/aromatic N) is 4. The highest BCUT2D eigenvalue weighted by Gasteiger charge is 1.95. The molecule has 10 heavy (non-hydrogen) atoms. The van der Waals surface area contributed by atoms with E-state index in [1.54, 1.807) is 11.7 Å². The van der Waals surface area contributed by atoms with Gasteiger partial charge in [-0.15, -0.1) is 5.10 Å². The van der Waals surface area contributed by atoms with Gasteiger partial charge in [-0.1, -0.05) is 19.3 Å². The van der Waals surface area contributed by atoms with Crippen molar-refractivity contribution >= 4 is 0 Å². The topological polar surface area (TPSA) is 43.6 Å². The van der Waals surface area contributed by atoms with E-state index in [0.29, 0.717) is 0 Å². The fraction of sp³-hybridized carbons (Fsp3) is 0.833. The van der Waals surface area contributed by atoms with Crippen LogP contribution < -0.4 is 0 Å². The minimum atomic E-state index is 0.833. The molecule has 0 saturated heterocycles. The molecule has 1 aliphatic carbocycles. The van der Waals surface area contributed by atoms with E-state index in [2.05, 4.69) is 15.5 Å². The van der Waals surface area contributed by atoms with Crippen LogP contribution in [0.5, 0.6) is 0 Å². The molecular weight excluding hydrogens is 128 g/mol. The Balaban J connectivity index is 0.000000138. The Morgan fingerprint density at radius 3 is 2.00 bits per heavy atom. The van der Waals surface area contributed by atoms with Crippen LogP contribution >= 0.6 is 0 Å². The Bertz CT molecular complexity index is 172. The lowest BCUT2D eigenvalue weighted by Gasteiger charge is -1.81. The van der Waals surface area contributed by atoms with E-state index in [1.165, 1.54) is 19.3 Å². The van der Waals surface area contributed by atoms with Crippen molar-refractivity contribution in [2.45, 2.75) is 26.2 Å². The van der Waals surface area contributed by atoms with Gasteiger partial charge in [0.05, 0.1) is 0 Å². The molecule has 1 saturated carbocycles. The maximum absolute atomic E-state index is 3.62. The molecule has 1 fully saturated rings. The SMILES string of the molecule is C1CC1.Cc1nnnn1C. The minimum Gasteiger partial charge on any atom is -0.233 e. The Morgan fingerprint density at radius 1 is 1.30 bits per heavy atom. The average molecular weight is 140 g/mol. The zero-order valence-corrected chi connectivity index (χ0v) is 6.41. The molecule has 0 atom stereocenters. The number of aromatic nitrogens is 4. The zero-order valence-electron chi connectivity index (χ0n) is 6.41. The Hall–Kier alpha value is -0.930. The van der Waals surface area contributed by atoms with Crippen LogP contribution in [0, 0.1) is 6.92 Å². The second-order valence-corrected chi connectivity index (χ2v) is 2.41. The summed E-state index contributed by atoms with van der Waals surface area (Å²) in [5.74, 6) is 0.833. The van der Waals surface area contributed by atoms with E-state index in [4.69, 9.17) is 0 Å². The minimum absolute atomic E-state index is 0.833. The summed E-state index contributed by atoms with van der Waals surface area (Å²) in [6.45, 7) is 1.85. The second kappa shape index (κ2) is 3.29. The third-order valence-corrected chi connectivity index (χ3v) is 1.19. The van der Waals surface area contributed by atoms with Gasteiger partial charge in [-0.25, -0.2) is 4.68 Å². The van der Waals surface area contributed by atoms with Crippen molar-refractivity contribution in [1.29, 1.82) is 0 Å². The van der Waals surface area contributed by atoms with E-state index < -0.39 is 0 Å². The molecule has 0 N–H and O–H groups in total. The highest BCUT2D eigenvalue weighted by Crippen LogP contribution is 2.14. The monoisotopic (exact) mass is 140 g/mol. The van der Waals surface area contributed by atoms with Gasteiger partial charge in [0.15, 0.2) is 0 Å². The van der Waals surface area contributed by atoms with E-state index in [-0.39, 0.29) is 0 Å². The molecule has 4 nitrogen and oxygen atoms in total. The lowest BCUT2D eigenvalue weighted by atomic mass is 10.7. The molecule has 1 aromatic heterocycles. The number of hydrogen-bond acceptors (Lipinski definition) is 3. The van der Waals surface area contributed by atoms with Crippen molar-refractivity contribution in [2.75, 3.05) is 0 Å². The molecule has 1 heterocycles. The first-order valence-electron chi connectivity index (χ1n) is 3.49.